The van der Waals surface area contributed by atoms with E-state index in [1.807, 2.05) is 6.07 Å². The van der Waals surface area contributed by atoms with Gasteiger partial charge in [0, 0.05) is 5.56 Å². The summed E-state index contributed by atoms with van der Waals surface area (Å²) in [6.45, 7) is 4.16. The van der Waals surface area contributed by atoms with E-state index < -0.39 is 0 Å². The Hall–Kier alpha value is -1.68. The first-order valence-corrected chi connectivity index (χ1v) is 6.29. The Labute approximate surface area is 106 Å². The van der Waals surface area contributed by atoms with Crippen molar-refractivity contribution in [2.45, 2.75) is 38.6 Å². The summed E-state index contributed by atoms with van der Waals surface area (Å²) in [5.74, 6) is 1.20. The first kappa shape index (κ1) is 11.4. The van der Waals surface area contributed by atoms with Crippen LogP contribution in [0.1, 0.15) is 36.2 Å². The van der Waals surface area contributed by atoms with Crippen molar-refractivity contribution < 1.29 is 4.52 Å². The summed E-state index contributed by atoms with van der Waals surface area (Å²) >= 11 is 0. The van der Waals surface area contributed by atoms with Gasteiger partial charge in [-0.25, -0.2) is 0 Å². The van der Waals surface area contributed by atoms with Crippen molar-refractivity contribution in [2.24, 2.45) is 5.73 Å². The van der Waals surface area contributed by atoms with Crippen LogP contribution in [-0.4, -0.2) is 10.1 Å². The summed E-state index contributed by atoms with van der Waals surface area (Å²) < 4.78 is 5.33. The summed E-state index contributed by atoms with van der Waals surface area (Å²) in [6, 6.07) is 6.14. The van der Waals surface area contributed by atoms with Gasteiger partial charge in [-0.1, -0.05) is 11.2 Å². The zero-order valence-corrected chi connectivity index (χ0v) is 10.7. The van der Waals surface area contributed by atoms with Crippen LogP contribution in [0.15, 0.2) is 22.7 Å². The standard InChI is InChI=1S/C14H17N3O/c1-9-4-5-11(8-10(9)2)12-16-13(17-18-12)14(15)6-3-7-14/h4-5,8H,3,6-7,15H2,1-2H3. The fraction of sp³-hybridized carbons (Fsp3) is 0.429. The van der Waals surface area contributed by atoms with Gasteiger partial charge in [-0.3, -0.25) is 0 Å². The second-order valence-corrected chi connectivity index (χ2v) is 5.23. The van der Waals surface area contributed by atoms with E-state index in [-0.39, 0.29) is 5.54 Å². The van der Waals surface area contributed by atoms with Crippen molar-refractivity contribution in [3.8, 4) is 11.5 Å². The first-order valence-electron chi connectivity index (χ1n) is 6.29. The summed E-state index contributed by atoms with van der Waals surface area (Å²) in [5.41, 5.74) is 9.26. The molecule has 2 N–H and O–H groups in total. The minimum Gasteiger partial charge on any atom is -0.334 e. The van der Waals surface area contributed by atoms with E-state index in [2.05, 4.69) is 36.1 Å². The lowest BCUT2D eigenvalue weighted by molar-refractivity contribution is 0.229. The Balaban J connectivity index is 1.95. The number of benzene rings is 1. The van der Waals surface area contributed by atoms with Gasteiger partial charge in [0.25, 0.3) is 5.89 Å². The van der Waals surface area contributed by atoms with Crippen LogP contribution < -0.4 is 5.73 Å². The van der Waals surface area contributed by atoms with Gasteiger partial charge < -0.3 is 10.3 Å². The molecule has 1 saturated carbocycles. The molecule has 0 spiro atoms. The van der Waals surface area contributed by atoms with Crippen LogP contribution in [-0.2, 0) is 5.54 Å². The minimum atomic E-state index is -0.360. The Morgan fingerprint density at radius 2 is 2.00 bits per heavy atom. The lowest BCUT2D eigenvalue weighted by Gasteiger charge is -2.34. The highest BCUT2D eigenvalue weighted by molar-refractivity contribution is 5.55. The molecule has 0 aliphatic heterocycles. The predicted octanol–water partition coefficient (Wildman–Crippen LogP) is 2.69. The van der Waals surface area contributed by atoms with Gasteiger partial charge in [0.1, 0.15) is 0 Å². The number of hydrogen-bond donors (Lipinski definition) is 1. The molecule has 0 saturated heterocycles. The zero-order chi connectivity index (χ0) is 12.8. The molecule has 0 amide bonds. The molecule has 4 heteroatoms. The quantitative estimate of drug-likeness (QED) is 0.880. The second-order valence-electron chi connectivity index (χ2n) is 5.23. The van der Waals surface area contributed by atoms with Crippen molar-refractivity contribution in [3.63, 3.8) is 0 Å². The number of rotatable bonds is 2. The Bertz CT molecular complexity index is 584. The maximum atomic E-state index is 6.18. The minimum absolute atomic E-state index is 0.360. The fourth-order valence-corrected chi connectivity index (χ4v) is 2.20. The third-order valence-electron chi connectivity index (χ3n) is 3.87. The van der Waals surface area contributed by atoms with Crippen molar-refractivity contribution in [1.29, 1.82) is 0 Å². The average Bonchev–Trinajstić information content (AvgIpc) is 2.79. The van der Waals surface area contributed by atoms with Crippen molar-refractivity contribution in [1.82, 2.24) is 10.1 Å². The molecule has 2 aromatic rings. The molecule has 4 nitrogen and oxygen atoms in total. The Morgan fingerprint density at radius 3 is 2.61 bits per heavy atom. The highest BCUT2D eigenvalue weighted by Crippen LogP contribution is 2.37. The van der Waals surface area contributed by atoms with Gasteiger partial charge in [0.2, 0.25) is 0 Å². The van der Waals surface area contributed by atoms with E-state index in [1.165, 1.54) is 11.1 Å². The van der Waals surface area contributed by atoms with Crippen LogP contribution in [0.25, 0.3) is 11.5 Å². The topological polar surface area (TPSA) is 64.9 Å². The molecule has 1 heterocycles. The van der Waals surface area contributed by atoms with Crippen LogP contribution in [0.3, 0.4) is 0 Å². The first-order chi connectivity index (χ1) is 8.58. The third-order valence-corrected chi connectivity index (χ3v) is 3.87. The SMILES string of the molecule is Cc1ccc(-c2nc(C3(N)CCC3)no2)cc1C. The molecule has 0 bridgehead atoms. The van der Waals surface area contributed by atoms with Crippen LogP contribution in [0.2, 0.25) is 0 Å². The molecule has 1 aliphatic rings. The molecule has 0 radical (unpaired) electrons. The third kappa shape index (κ3) is 1.73. The van der Waals surface area contributed by atoms with Crippen molar-refractivity contribution in [2.75, 3.05) is 0 Å². The molecule has 1 aliphatic carbocycles. The van der Waals surface area contributed by atoms with Crippen molar-refractivity contribution >= 4 is 0 Å². The molecular weight excluding hydrogens is 226 g/mol. The van der Waals surface area contributed by atoms with Gasteiger partial charge in [-0.05, 0) is 56.4 Å². The number of aryl methyl sites for hydroxylation is 2. The highest BCUT2D eigenvalue weighted by Gasteiger charge is 2.39. The smallest absolute Gasteiger partial charge is 0.258 e. The molecule has 0 atom stereocenters. The van der Waals surface area contributed by atoms with Gasteiger partial charge in [-0.2, -0.15) is 4.98 Å². The number of nitrogens with zero attached hydrogens (tertiary/aromatic N) is 2. The lowest BCUT2D eigenvalue weighted by atomic mass is 9.77. The number of hydrogen-bond acceptors (Lipinski definition) is 4. The predicted molar refractivity (Wildman–Crippen MR) is 68.9 cm³/mol. The van der Waals surface area contributed by atoms with E-state index in [0.717, 1.165) is 24.8 Å². The van der Waals surface area contributed by atoms with E-state index >= 15 is 0 Å². The fourth-order valence-electron chi connectivity index (χ4n) is 2.20. The molecule has 3 rings (SSSR count). The van der Waals surface area contributed by atoms with Gasteiger partial charge >= 0.3 is 0 Å². The van der Waals surface area contributed by atoms with Gasteiger partial charge in [-0.15, -0.1) is 0 Å². The molecule has 1 aromatic heterocycles. The highest BCUT2D eigenvalue weighted by atomic mass is 16.5. The maximum Gasteiger partial charge on any atom is 0.258 e. The van der Waals surface area contributed by atoms with Crippen LogP contribution in [0.5, 0.6) is 0 Å². The van der Waals surface area contributed by atoms with Gasteiger partial charge in [0.05, 0.1) is 5.54 Å². The second kappa shape index (κ2) is 3.92. The number of nitrogens with two attached hydrogens (primary N) is 1. The average molecular weight is 243 g/mol. The van der Waals surface area contributed by atoms with E-state index in [9.17, 15) is 0 Å². The van der Waals surface area contributed by atoms with E-state index in [4.69, 9.17) is 10.3 Å². The monoisotopic (exact) mass is 243 g/mol. The zero-order valence-electron chi connectivity index (χ0n) is 10.7. The Kier molecular flexibility index (Phi) is 2.48. The van der Waals surface area contributed by atoms with E-state index in [1.54, 1.807) is 0 Å². The molecule has 18 heavy (non-hydrogen) atoms. The molecule has 1 fully saturated rings. The van der Waals surface area contributed by atoms with Crippen LogP contribution in [0, 0.1) is 13.8 Å². The Morgan fingerprint density at radius 1 is 1.22 bits per heavy atom. The molecule has 1 aromatic carbocycles. The normalized spacial score (nSPS) is 17.5. The van der Waals surface area contributed by atoms with Crippen LogP contribution >= 0.6 is 0 Å². The summed E-state index contributed by atoms with van der Waals surface area (Å²) in [5, 5.41) is 4.03. The van der Waals surface area contributed by atoms with E-state index in [0.29, 0.717) is 11.7 Å². The summed E-state index contributed by atoms with van der Waals surface area (Å²) in [7, 11) is 0. The molecule has 94 valence electrons. The molecular formula is C14H17N3O. The number of aromatic nitrogens is 2. The summed E-state index contributed by atoms with van der Waals surface area (Å²) in [4.78, 5) is 4.44. The van der Waals surface area contributed by atoms with Crippen LogP contribution in [0.4, 0.5) is 0 Å². The lowest BCUT2D eigenvalue weighted by Crippen LogP contribution is -2.44. The van der Waals surface area contributed by atoms with Gasteiger partial charge in [0.15, 0.2) is 5.82 Å². The van der Waals surface area contributed by atoms with Crippen molar-refractivity contribution in [3.05, 3.63) is 35.2 Å². The molecule has 0 unspecified atom stereocenters. The maximum absolute atomic E-state index is 6.18. The summed E-state index contributed by atoms with van der Waals surface area (Å²) in [6.07, 6.45) is 3.03. The largest absolute Gasteiger partial charge is 0.334 e.